The van der Waals surface area contributed by atoms with Crippen LogP contribution in [0.5, 0.6) is 0 Å². The lowest BCUT2D eigenvalue weighted by atomic mass is 10.2. The van der Waals surface area contributed by atoms with E-state index in [2.05, 4.69) is 20.9 Å². The van der Waals surface area contributed by atoms with Crippen LogP contribution in [0.25, 0.3) is 0 Å². The Morgan fingerprint density at radius 3 is 2.47 bits per heavy atom. The van der Waals surface area contributed by atoms with E-state index in [1.165, 1.54) is 10.6 Å². The molecule has 0 atom stereocenters. The highest BCUT2D eigenvalue weighted by Crippen LogP contribution is 2.13. The number of sulfonamides is 1. The Balaban J connectivity index is 2.04. The van der Waals surface area contributed by atoms with Gasteiger partial charge in [-0.15, -0.1) is 0 Å². The van der Waals surface area contributed by atoms with E-state index in [9.17, 15) is 13.2 Å². The van der Waals surface area contributed by atoms with E-state index in [0.29, 0.717) is 36.3 Å². The van der Waals surface area contributed by atoms with Gasteiger partial charge in [-0.1, -0.05) is 0 Å². The largest absolute Gasteiger partial charge is 0.336 e. The molecular formula is C11H14BrN3O3S. The molecule has 1 amide bonds. The van der Waals surface area contributed by atoms with Gasteiger partial charge in [-0.2, -0.15) is 4.31 Å². The van der Waals surface area contributed by atoms with Crippen LogP contribution in [-0.2, 0) is 10.0 Å². The lowest BCUT2D eigenvalue weighted by Gasteiger charge is -2.33. The van der Waals surface area contributed by atoms with Crippen LogP contribution in [0.4, 0.5) is 0 Å². The van der Waals surface area contributed by atoms with Gasteiger partial charge in [0.05, 0.1) is 6.26 Å². The van der Waals surface area contributed by atoms with Gasteiger partial charge in [0.1, 0.15) is 4.60 Å². The van der Waals surface area contributed by atoms with E-state index in [-0.39, 0.29) is 5.91 Å². The van der Waals surface area contributed by atoms with Gasteiger partial charge in [0.15, 0.2) is 0 Å². The number of rotatable bonds is 2. The van der Waals surface area contributed by atoms with Gasteiger partial charge in [0, 0.05) is 37.9 Å². The van der Waals surface area contributed by atoms with Gasteiger partial charge in [0.25, 0.3) is 5.91 Å². The highest BCUT2D eigenvalue weighted by Gasteiger charge is 2.26. The maximum absolute atomic E-state index is 12.2. The second-order valence-corrected chi connectivity index (χ2v) is 7.12. The van der Waals surface area contributed by atoms with Crippen molar-refractivity contribution in [1.29, 1.82) is 0 Å². The predicted octanol–water partition coefficient (Wildman–Crippen LogP) is 0.561. The molecule has 1 aromatic rings. The first-order valence-corrected chi connectivity index (χ1v) is 8.38. The number of aromatic nitrogens is 1. The zero-order valence-electron chi connectivity index (χ0n) is 10.4. The van der Waals surface area contributed by atoms with Crippen molar-refractivity contribution in [3.63, 3.8) is 0 Å². The van der Waals surface area contributed by atoms with Crippen LogP contribution in [0, 0.1) is 0 Å². The molecule has 0 aliphatic carbocycles. The maximum Gasteiger partial charge on any atom is 0.254 e. The van der Waals surface area contributed by atoms with E-state index < -0.39 is 10.0 Å². The van der Waals surface area contributed by atoms with Crippen molar-refractivity contribution < 1.29 is 13.2 Å². The van der Waals surface area contributed by atoms with Crippen LogP contribution in [0.3, 0.4) is 0 Å². The molecule has 2 rings (SSSR count). The van der Waals surface area contributed by atoms with Crippen LogP contribution in [0.2, 0.25) is 0 Å². The molecule has 0 radical (unpaired) electrons. The third-order valence-corrected chi connectivity index (χ3v) is 4.71. The van der Waals surface area contributed by atoms with Crippen molar-refractivity contribution in [2.24, 2.45) is 0 Å². The molecule has 2 heterocycles. The number of carbonyl (C=O) groups is 1. The monoisotopic (exact) mass is 347 g/mol. The van der Waals surface area contributed by atoms with Gasteiger partial charge in [-0.3, -0.25) is 4.79 Å². The highest BCUT2D eigenvalue weighted by molar-refractivity contribution is 9.10. The number of nitrogens with zero attached hydrogens (tertiary/aromatic N) is 3. The van der Waals surface area contributed by atoms with Gasteiger partial charge in [0.2, 0.25) is 10.0 Å². The Kier molecular flexibility index (Phi) is 4.22. The predicted molar refractivity (Wildman–Crippen MR) is 74.3 cm³/mol. The van der Waals surface area contributed by atoms with Crippen molar-refractivity contribution in [2.75, 3.05) is 32.4 Å². The molecule has 0 N–H and O–H groups in total. The first-order chi connectivity index (χ1) is 8.88. The number of amides is 1. The Morgan fingerprint density at radius 2 is 1.95 bits per heavy atom. The summed E-state index contributed by atoms with van der Waals surface area (Å²) in [6.07, 6.45) is 2.74. The minimum Gasteiger partial charge on any atom is -0.336 e. The van der Waals surface area contributed by atoms with E-state index in [4.69, 9.17) is 0 Å². The normalized spacial score (nSPS) is 17.5. The average Bonchev–Trinajstić information content (AvgIpc) is 2.37. The lowest BCUT2D eigenvalue weighted by Crippen LogP contribution is -2.50. The molecule has 104 valence electrons. The Morgan fingerprint density at radius 1 is 1.32 bits per heavy atom. The molecule has 8 heteroatoms. The fourth-order valence-electron chi connectivity index (χ4n) is 1.94. The molecule has 0 saturated carbocycles. The average molecular weight is 348 g/mol. The standard InChI is InChI=1S/C11H14BrN3O3S/c1-19(17,18)15-6-4-14(5-7-15)11(16)9-2-3-13-10(12)8-9/h2-3,8H,4-7H2,1H3. The van der Waals surface area contributed by atoms with E-state index in [1.807, 2.05) is 0 Å². The highest BCUT2D eigenvalue weighted by atomic mass is 79.9. The third-order valence-electron chi connectivity index (χ3n) is 2.97. The quantitative estimate of drug-likeness (QED) is 0.733. The number of pyridine rings is 1. The molecular weight excluding hydrogens is 334 g/mol. The van der Waals surface area contributed by atoms with E-state index >= 15 is 0 Å². The van der Waals surface area contributed by atoms with Crippen LogP contribution in [0.15, 0.2) is 22.9 Å². The molecule has 0 aromatic carbocycles. The Hall–Kier alpha value is -0.990. The first kappa shape index (κ1) is 14.4. The summed E-state index contributed by atoms with van der Waals surface area (Å²) in [5.74, 6) is -0.101. The zero-order valence-corrected chi connectivity index (χ0v) is 12.8. The summed E-state index contributed by atoms with van der Waals surface area (Å²) >= 11 is 3.22. The molecule has 6 nitrogen and oxygen atoms in total. The Bertz CT molecular complexity index is 583. The van der Waals surface area contributed by atoms with Crippen LogP contribution < -0.4 is 0 Å². The summed E-state index contributed by atoms with van der Waals surface area (Å²) in [5.41, 5.74) is 0.551. The van der Waals surface area contributed by atoms with Crippen molar-refractivity contribution in [3.05, 3.63) is 28.5 Å². The Labute approximate surface area is 120 Å². The SMILES string of the molecule is CS(=O)(=O)N1CCN(C(=O)c2ccnc(Br)c2)CC1. The maximum atomic E-state index is 12.2. The molecule has 1 aliphatic rings. The topological polar surface area (TPSA) is 70.6 Å². The van der Waals surface area contributed by atoms with Gasteiger partial charge in [-0.25, -0.2) is 13.4 Å². The molecule has 1 aromatic heterocycles. The van der Waals surface area contributed by atoms with Crippen molar-refractivity contribution in [1.82, 2.24) is 14.2 Å². The van der Waals surface area contributed by atoms with Crippen molar-refractivity contribution in [3.8, 4) is 0 Å². The molecule has 0 spiro atoms. The number of hydrogen-bond donors (Lipinski definition) is 0. The van der Waals surface area contributed by atoms with Crippen LogP contribution >= 0.6 is 15.9 Å². The number of hydrogen-bond acceptors (Lipinski definition) is 4. The van der Waals surface area contributed by atoms with Gasteiger partial charge >= 0.3 is 0 Å². The molecule has 19 heavy (non-hydrogen) atoms. The summed E-state index contributed by atoms with van der Waals surface area (Å²) in [6.45, 7) is 1.51. The summed E-state index contributed by atoms with van der Waals surface area (Å²) in [4.78, 5) is 17.8. The van der Waals surface area contributed by atoms with Crippen molar-refractivity contribution >= 4 is 31.9 Å². The van der Waals surface area contributed by atoms with Gasteiger partial charge < -0.3 is 4.90 Å². The minimum atomic E-state index is -3.17. The smallest absolute Gasteiger partial charge is 0.254 e. The number of piperazine rings is 1. The second kappa shape index (κ2) is 5.56. The van der Waals surface area contributed by atoms with Crippen LogP contribution in [-0.4, -0.2) is 60.9 Å². The summed E-state index contributed by atoms with van der Waals surface area (Å²) in [7, 11) is -3.17. The molecule has 1 fully saturated rings. The van der Waals surface area contributed by atoms with Crippen LogP contribution in [0.1, 0.15) is 10.4 Å². The number of carbonyl (C=O) groups excluding carboxylic acids is 1. The van der Waals surface area contributed by atoms with Gasteiger partial charge in [-0.05, 0) is 28.1 Å². The minimum absolute atomic E-state index is 0.101. The first-order valence-electron chi connectivity index (χ1n) is 5.74. The second-order valence-electron chi connectivity index (χ2n) is 4.32. The van der Waals surface area contributed by atoms with E-state index in [0.717, 1.165) is 0 Å². The third kappa shape index (κ3) is 3.52. The molecule has 1 saturated heterocycles. The molecule has 0 unspecified atom stereocenters. The number of halogens is 1. The fraction of sp³-hybridized carbons (Fsp3) is 0.455. The fourth-order valence-corrected chi connectivity index (χ4v) is 3.13. The summed E-state index contributed by atoms with van der Waals surface area (Å²) in [6, 6.07) is 3.31. The summed E-state index contributed by atoms with van der Waals surface area (Å²) in [5, 5.41) is 0. The zero-order chi connectivity index (χ0) is 14.0. The van der Waals surface area contributed by atoms with Crippen molar-refractivity contribution in [2.45, 2.75) is 0 Å². The lowest BCUT2D eigenvalue weighted by molar-refractivity contribution is 0.0698. The van der Waals surface area contributed by atoms with E-state index in [1.54, 1.807) is 23.2 Å². The molecule has 0 bridgehead atoms. The summed E-state index contributed by atoms with van der Waals surface area (Å²) < 4.78 is 24.8. The molecule has 1 aliphatic heterocycles.